The molecule has 0 spiro atoms. The zero-order valence-corrected chi connectivity index (χ0v) is 23.1. The van der Waals surface area contributed by atoms with Crippen LogP contribution >= 0.6 is 0 Å². The molecule has 0 bridgehead atoms. The predicted molar refractivity (Wildman–Crippen MR) is 142 cm³/mol. The second-order valence-corrected chi connectivity index (χ2v) is 11.5. The van der Waals surface area contributed by atoms with E-state index in [2.05, 4.69) is 15.1 Å². The van der Waals surface area contributed by atoms with E-state index in [4.69, 9.17) is 4.74 Å². The summed E-state index contributed by atoms with van der Waals surface area (Å²) < 4.78 is 43.3. The van der Waals surface area contributed by atoms with Crippen LogP contribution in [0.15, 0.2) is 24.3 Å². The third-order valence-electron chi connectivity index (χ3n) is 7.17. The summed E-state index contributed by atoms with van der Waals surface area (Å²) in [5.74, 6) is -1.85. The van der Waals surface area contributed by atoms with Gasteiger partial charge in [-0.25, -0.2) is 0 Å². The number of amides is 2. The molecule has 218 valence electrons. The number of carbonyl (C=O) groups excluding carboxylic acids is 3. The number of benzene rings is 1. The number of ether oxygens (including phenoxy) is 1. The van der Waals surface area contributed by atoms with Crippen LogP contribution in [-0.4, -0.2) is 85.1 Å². The minimum atomic E-state index is -4.91. The molecule has 2 unspecified atom stereocenters. The van der Waals surface area contributed by atoms with Gasteiger partial charge < -0.3 is 15.4 Å². The van der Waals surface area contributed by atoms with Crippen molar-refractivity contribution in [3.8, 4) is 0 Å². The predicted octanol–water partition coefficient (Wildman–Crippen LogP) is 3.75. The Morgan fingerprint density at radius 3 is 2.15 bits per heavy atom. The second-order valence-electron chi connectivity index (χ2n) is 11.5. The lowest BCUT2D eigenvalue weighted by atomic mass is 9.88. The van der Waals surface area contributed by atoms with Crippen molar-refractivity contribution in [2.75, 3.05) is 44.6 Å². The van der Waals surface area contributed by atoms with Gasteiger partial charge in [0.25, 0.3) is 0 Å². The van der Waals surface area contributed by atoms with Crippen LogP contribution in [0.2, 0.25) is 0 Å². The summed E-state index contributed by atoms with van der Waals surface area (Å²) in [7, 11) is 0. The molecule has 2 saturated heterocycles. The Morgan fingerprint density at radius 1 is 0.923 bits per heavy atom. The number of anilines is 1. The van der Waals surface area contributed by atoms with Gasteiger partial charge in [0.2, 0.25) is 5.91 Å². The van der Waals surface area contributed by atoms with Crippen molar-refractivity contribution in [2.24, 2.45) is 5.41 Å². The molecule has 2 heterocycles. The lowest BCUT2D eigenvalue weighted by Crippen LogP contribution is -2.48. The van der Waals surface area contributed by atoms with E-state index in [0.717, 1.165) is 51.1 Å². The number of hydrogen-bond donors (Lipinski definition) is 2. The standard InChI is InChI=1S/C28H41F3N4O4/c1-27(2,3)24(36)5-4-6-25(37)32-17-22-11-12-23(39-22)19-35-15-13-34(14-16-35)18-20-7-9-21(10-8-20)33-26(38)28(29,30)31/h7-10,22-23H,4-6,11-19H2,1-3H3,(H,32,37)(H,33,38). The van der Waals surface area contributed by atoms with Crippen molar-refractivity contribution in [3.63, 3.8) is 0 Å². The summed E-state index contributed by atoms with van der Waals surface area (Å²) >= 11 is 0. The first kappa shape index (κ1) is 31.0. The number of Topliss-reactive ketones (excluding diaryl/α,β-unsaturated/α-hetero) is 1. The number of hydrogen-bond acceptors (Lipinski definition) is 6. The zero-order valence-electron chi connectivity index (χ0n) is 23.1. The number of nitrogens with zero attached hydrogens (tertiary/aromatic N) is 2. The van der Waals surface area contributed by atoms with Gasteiger partial charge in [0.1, 0.15) is 5.78 Å². The highest BCUT2D eigenvalue weighted by Gasteiger charge is 2.38. The minimum Gasteiger partial charge on any atom is -0.372 e. The Balaban J connectivity index is 1.29. The summed E-state index contributed by atoms with van der Waals surface area (Å²) in [6, 6.07) is 6.43. The molecule has 2 aliphatic heterocycles. The molecule has 2 atom stereocenters. The number of carbonyl (C=O) groups is 3. The van der Waals surface area contributed by atoms with E-state index in [0.29, 0.717) is 32.4 Å². The van der Waals surface area contributed by atoms with Crippen LogP contribution in [0.25, 0.3) is 0 Å². The number of rotatable bonds is 11. The first-order valence-corrected chi connectivity index (χ1v) is 13.7. The highest BCUT2D eigenvalue weighted by molar-refractivity contribution is 5.94. The molecule has 2 fully saturated rings. The molecule has 2 aliphatic rings. The van der Waals surface area contributed by atoms with Gasteiger partial charge in [-0.15, -0.1) is 0 Å². The van der Waals surface area contributed by atoms with Crippen LogP contribution in [0.5, 0.6) is 0 Å². The fourth-order valence-corrected chi connectivity index (χ4v) is 4.74. The van der Waals surface area contributed by atoms with Gasteiger partial charge in [-0.2, -0.15) is 13.2 Å². The normalized spacial score (nSPS) is 21.1. The molecule has 3 rings (SSSR count). The lowest BCUT2D eigenvalue weighted by molar-refractivity contribution is -0.167. The van der Waals surface area contributed by atoms with Crippen LogP contribution in [0.1, 0.15) is 58.4 Å². The molecule has 2 N–H and O–H groups in total. The minimum absolute atomic E-state index is 0.0142. The van der Waals surface area contributed by atoms with Crippen LogP contribution in [0.4, 0.5) is 18.9 Å². The largest absolute Gasteiger partial charge is 0.471 e. The summed E-state index contributed by atoms with van der Waals surface area (Å²) in [6.45, 7) is 11.2. The molecular weight excluding hydrogens is 513 g/mol. The van der Waals surface area contributed by atoms with Gasteiger partial charge in [-0.1, -0.05) is 32.9 Å². The quantitative estimate of drug-likeness (QED) is 0.433. The van der Waals surface area contributed by atoms with E-state index in [1.807, 2.05) is 26.1 Å². The van der Waals surface area contributed by atoms with Crippen molar-refractivity contribution >= 4 is 23.3 Å². The third-order valence-corrected chi connectivity index (χ3v) is 7.17. The summed E-state index contributed by atoms with van der Waals surface area (Å²) in [4.78, 5) is 39.9. The van der Waals surface area contributed by atoms with Crippen LogP contribution in [0.3, 0.4) is 0 Å². The molecule has 0 aliphatic carbocycles. The molecule has 1 aromatic rings. The zero-order chi connectivity index (χ0) is 28.6. The molecule has 1 aromatic carbocycles. The van der Waals surface area contributed by atoms with Gasteiger partial charge >= 0.3 is 12.1 Å². The van der Waals surface area contributed by atoms with Crippen molar-refractivity contribution in [1.29, 1.82) is 0 Å². The average molecular weight is 555 g/mol. The van der Waals surface area contributed by atoms with E-state index >= 15 is 0 Å². The van der Waals surface area contributed by atoms with Gasteiger partial charge in [-0.3, -0.25) is 24.2 Å². The SMILES string of the molecule is CC(C)(C)C(=O)CCCC(=O)NCC1CCC(CN2CCN(Cc3ccc(NC(=O)C(F)(F)F)cc3)CC2)O1. The Morgan fingerprint density at radius 2 is 1.54 bits per heavy atom. The Kier molecular flexibility index (Phi) is 10.9. The third kappa shape index (κ3) is 10.5. The average Bonchev–Trinajstić information content (AvgIpc) is 3.31. The summed E-state index contributed by atoms with van der Waals surface area (Å²) in [5.41, 5.74) is 0.722. The number of ketones is 1. The van der Waals surface area contributed by atoms with Gasteiger partial charge in [-0.05, 0) is 37.0 Å². The molecule has 8 nitrogen and oxygen atoms in total. The van der Waals surface area contributed by atoms with Crippen molar-refractivity contribution in [3.05, 3.63) is 29.8 Å². The number of nitrogens with one attached hydrogen (secondary N) is 2. The van der Waals surface area contributed by atoms with Crippen molar-refractivity contribution in [1.82, 2.24) is 15.1 Å². The maximum atomic E-state index is 12.4. The van der Waals surface area contributed by atoms with E-state index < -0.39 is 12.1 Å². The topological polar surface area (TPSA) is 91.0 Å². The number of alkyl halides is 3. The van der Waals surface area contributed by atoms with Gasteiger partial charge in [0.15, 0.2) is 0 Å². The maximum absolute atomic E-state index is 12.4. The fourth-order valence-electron chi connectivity index (χ4n) is 4.74. The van der Waals surface area contributed by atoms with Gasteiger partial charge in [0, 0.05) is 69.8 Å². The van der Waals surface area contributed by atoms with Crippen LogP contribution in [-0.2, 0) is 25.7 Å². The highest BCUT2D eigenvalue weighted by Crippen LogP contribution is 2.22. The second kappa shape index (κ2) is 13.7. The van der Waals surface area contributed by atoms with Crippen molar-refractivity contribution in [2.45, 2.75) is 77.8 Å². The Bertz CT molecular complexity index is 971. The summed E-state index contributed by atoms with van der Waals surface area (Å²) in [6.07, 6.45) is -1.56. The molecule has 2 amide bonds. The summed E-state index contributed by atoms with van der Waals surface area (Å²) in [5, 5.41) is 4.80. The van der Waals surface area contributed by atoms with Gasteiger partial charge in [0.05, 0.1) is 12.2 Å². The molecular formula is C28H41F3N4O4. The first-order chi connectivity index (χ1) is 18.3. The lowest BCUT2D eigenvalue weighted by Gasteiger charge is -2.35. The van der Waals surface area contributed by atoms with Crippen LogP contribution in [0, 0.1) is 5.41 Å². The molecule has 39 heavy (non-hydrogen) atoms. The van der Waals surface area contributed by atoms with E-state index in [1.54, 1.807) is 12.1 Å². The van der Waals surface area contributed by atoms with E-state index in [9.17, 15) is 27.6 Å². The molecule has 11 heteroatoms. The highest BCUT2D eigenvalue weighted by atomic mass is 19.4. The Hall–Kier alpha value is -2.50. The Labute approximate surface area is 228 Å². The molecule has 0 aromatic heterocycles. The number of halogens is 3. The monoisotopic (exact) mass is 554 g/mol. The van der Waals surface area contributed by atoms with Crippen LogP contribution < -0.4 is 10.6 Å². The fraction of sp³-hybridized carbons (Fsp3) is 0.679. The maximum Gasteiger partial charge on any atom is 0.471 e. The van der Waals surface area contributed by atoms with E-state index in [1.165, 1.54) is 12.1 Å². The molecule has 0 radical (unpaired) electrons. The molecule has 0 saturated carbocycles. The number of piperazine rings is 1. The smallest absolute Gasteiger partial charge is 0.372 e. The van der Waals surface area contributed by atoms with Crippen molar-refractivity contribution < 1.29 is 32.3 Å². The first-order valence-electron chi connectivity index (χ1n) is 13.7. The van der Waals surface area contributed by atoms with E-state index in [-0.39, 0.29) is 35.0 Å².